The zero-order valence-corrected chi connectivity index (χ0v) is 8.93. The van der Waals surface area contributed by atoms with Crippen LogP contribution in [0.2, 0.25) is 0 Å². The van der Waals surface area contributed by atoms with Crippen LogP contribution in [0.3, 0.4) is 0 Å². The van der Waals surface area contributed by atoms with Gasteiger partial charge in [0.15, 0.2) is 0 Å². The highest BCUT2D eigenvalue weighted by molar-refractivity contribution is 5.04. The Morgan fingerprint density at radius 1 is 1.15 bits per heavy atom. The van der Waals surface area contributed by atoms with Crippen LogP contribution in [0.25, 0.3) is 0 Å². The van der Waals surface area contributed by atoms with Gasteiger partial charge >= 0.3 is 0 Å². The first-order chi connectivity index (χ1) is 5.92. The monoisotopic (exact) mass is 183 g/mol. The average Bonchev–Trinajstić information content (AvgIpc) is 2.42. The maximum absolute atomic E-state index is 10.5. The van der Waals surface area contributed by atoms with Crippen molar-refractivity contribution in [2.24, 2.45) is 17.3 Å². The summed E-state index contributed by atoms with van der Waals surface area (Å²) < 4.78 is 0. The van der Waals surface area contributed by atoms with Crippen molar-refractivity contribution in [2.75, 3.05) is 13.1 Å². The summed E-state index contributed by atoms with van der Waals surface area (Å²) in [6, 6.07) is 0. The van der Waals surface area contributed by atoms with E-state index in [4.69, 9.17) is 0 Å². The molecule has 2 aliphatic rings. The molecule has 0 spiro atoms. The zero-order chi connectivity index (χ0) is 9.69. The summed E-state index contributed by atoms with van der Waals surface area (Å²) in [5.74, 6) is 1.45. The van der Waals surface area contributed by atoms with E-state index in [0.717, 1.165) is 37.8 Å². The Morgan fingerprint density at radius 2 is 1.62 bits per heavy atom. The van der Waals surface area contributed by atoms with Crippen LogP contribution in [-0.2, 0) is 0 Å². The van der Waals surface area contributed by atoms with Crippen LogP contribution in [0.1, 0.15) is 33.6 Å². The normalized spacial score (nSPS) is 45.2. The van der Waals surface area contributed by atoms with E-state index >= 15 is 0 Å². The van der Waals surface area contributed by atoms with Crippen molar-refractivity contribution < 1.29 is 5.11 Å². The van der Waals surface area contributed by atoms with E-state index in [1.54, 1.807) is 0 Å². The summed E-state index contributed by atoms with van der Waals surface area (Å²) in [4.78, 5) is 0. The molecule has 0 aromatic carbocycles. The highest BCUT2D eigenvalue weighted by Gasteiger charge is 2.51. The van der Waals surface area contributed by atoms with E-state index in [1.807, 2.05) is 0 Å². The number of nitrogens with one attached hydrogen (secondary N) is 1. The summed E-state index contributed by atoms with van der Waals surface area (Å²) in [5.41, 5.74) is -0.373. The number of hydrogen-bond acceptors (Lipinski definition) is 2. The van der Waals surface area contributed by atoms with Crippen LogP contribution in [0.4, 0.5) is 0 Å². The smallest absolute Gasteiger partial charge is 0.0702 e. The SMILES string of the molecule is CC(C)(C)C1(O)CC2CNCC2C1. The Bertz CT molecular complexity index is 195. The minimum Gasteiger partial charge on any atom is -0.389 e. The molecule has 0 aromatic heterocycles. The third-order valence-electron chi connectivity index (χ3n) is 4.08. The van der Waals surface area contributed by atoms with Crippen LogP contribution in [0.5, 0.6) is 0 Å². The first-order valence-corrected chi connectivity index (χ1v) is 5.35. The molecular formula is C11H21NO. The van der Waals surface area contributed by atoms with Gasteiger partial charge in [0.1, 0.15) is 0 Å². The fourth-order valence-electron chi connectivity index (χ4n) is 2.83. The van der Waals surface area contributed by atoms with Gasteiger partial charge in [0.2, 0.25) is 0 Å². The standard InChI is InChI=1S/C11H21NO/c1-10(2,3)11(13)4-8-6-12-7-9(8)5-11/h8-9,12-13H,4-7H2,1-3H3. The maximum atomic E-state index is 10.5. The third kappa shape index (κ3) is 1.40. The van der Waals surface area contributed by atoms with Gasteiger partial charge in [0, 0.05) is 0 Å². The number of fused-ring (bicyclic) bond motifs is 1. The first-order valence-electron chi connectivity index (χ1n) is 5.35. The second-order valence-electron chi connectivity index (χ2n) is 5.87. The van der Waals surface area contributed by atoms with Gasteiger partial charge in [-0.3, -0.25) is 0 Å². The van der Waals surface area contributed by atoms with Crippen molar-refractivity contribution in [3.05, 3.63) is 0 Å². The molecular weight excluding hydrogens is 162 g/mol. The van der Waals surface area contributed by atoms with Gasteiger partial charge in [-0.1, -0.05) is 20.8 Å². The Morgan fingerprint density at radius 3 is 2.00 bits per heavy atom. The Labute approximate surface area is 80.7 Å². The van der Waals surface area contributed by atoms with Crippen LogP contribution < -0.4 is 5.32 Å². The quantitative estimate of drug-likeness (QED) is 0.595. The van der Waals surface area contributed by atoms with E-state index in [9.17, 15) is 5.11 Å². The summed E-state index contributed by atoms with van der Waals surface area (Å²) in [7, 11) is 0. The fraction of sp³-hybridized carbons (Fsp3) is 1.00. The lowest BCUT2D eigenvalue weighted by atomic mass is 9.74. The summed E-state index contributed by atoms with van der Waals surface area (Å²) in [6.45, 7) is 8.69. The summed E-state index contributed by atoms with van der Waals surface area (Å²) >= 11 is 0. The first kappa shape index (κ1) is 9.47. The molecule has 1 saturated carbocycles. The van der Waals surface area contributed by atoms with E-state index in [-0.39, 0.29) is 5.41 Å². The van der Waals surface area contributed by atoms with E-state index in [1.165, 1.54) is 0 Å². The molecule has 2 fully saturated rings. The largest absolute Gasteiger partial charge is 0.389 e. The number of rotatable bonds is 0. The van der Waals surface area contributed by atoms with Crippen molar-refractivity contribution in [1.29, 1.82) is 0 Å². The number of aliphatic hydroxyl groups is 1. The Kier molecular flexibility index (Phi) is 1.97. The lowest BCUT2D eigenvalue weighted by Crippen LogP contribution is -2.41. The van der Waals surface area contributed by atoms with Gasteiger partial charge in [-0.05, 0) is 43.2 Å². The third-order valence-corrected chi connectivity index (χ3v) is 4.08. The molecule has 1 aliphatic carbocycles. The van der Waals surface area contributed by atoms with Gasteiger partial charge < -0.3 is 10.4 Å². The van der Waals surface area contributed by atoms with Gasteiger partial charge in [-0.2, -0.15) is 0 Å². The molecule has 2 heteroatoms. The van der Waals surface area contributed by atoms with E-state index in [0.29, 0.717) is 0 Å². The van der Waals surface area contributed by atoms with Gasteiger partial charge in [0.25, 0.3) is 0 Å². The molecule has 2 rings (SSSR count). The summed E-state index contributed by atoms with van der Waals surface area (Å²) in [5, 5.41) is 13.9. The molecule has 2 nitrogen and oxygen atoms in total. The van der Waals surface area contributed by atoms with Gasteiger partial charge in [0.05, 0.1) is 5.60 Å². The molecule has 2 N–H and O–H groups in total. The number of hydrogen-bond donors (Lipinski definition) is 2. The van der Waals surface area contributed by atoms with Crippen molar-refractivity contribution in [3.8, 4) is 0 Å². The molecule has 1 saturated heterocycles. The molecule has 1 heterocycles. The van der Waals surface area contributed by atoms with Crippen LogP contribution >= 0.6 is 0 Å². The predicted octanol–water partition coefficient (Wildman–Crippen LogP) is 1.39. The lowest BCUT2D eigenvalue weighted by Gasteiger charge is -2.37. The minimum atomic E-state index is -0.412. The summed E-state index contributed by atoms with van der Waals surface area (Å²) in [6.07, 6.45) is 1.99. The van der Waals surface area contributed by atoms with E-state index < -0.39 is 5.60 Å². The van der Waals surface area contributed by atoms with Gasteiger partial charge in [-0.15, -0.1) is 0 Å². The highest BCUT2D eigenvalue weighted by Crippen LogP contribution is 2.49. The second kappa shape index (κ2) is 2.71. The lowest BCUT2D eigenvalue weighted by molar-refractivity contribution is -0.0574. The molecule has 0 bridgehead atoms. The molecule has 2 atom stereocenters. The van der Waals surface area contributed by atoms with Crippen molar-refractivity contribution in [3.63, 3.8) is 0 Å². The van der Waals surface area contributed by atoms with Crippen molar-refractivity contribution >= 4 is 0 Å². The molecule has 76 valence electrons. The van der Waals surface area contributed by atoms with E-state index in [2.05, 4.69) is 26.1 Å². The second-order valence-corrected chi connectivity index (χ2v) is 5.87. The maximum Gasteiger partial charge on any atom is 0.0702 e. The van der Waals surface area contributed by atoms with Crippen LogP contribution in [0.15, 0.2) is 0 Å². The Balaban J connectivity index is 2.13. The zero-order valence-electron chi connectivity index (χ0n) is 8.93. The van der Waals surface area contributed by atoms with Crippen LogP contribution in [0, 0.1) is 17.3 Å². The van der Waals surface area contributed by atoms with Crippen LogP contribution in [-0.4, -0.2) is 23.8 Å². The van der Waals surface area contributed by atoms with Gasteiger partial charge in [-0.25, -0.2) is 0 Å². The predicted molar refractivity (Wildman–Crippen MR) is 53.5 cm³/mol. The topological polar surface area (TPSA) is 32.3 Å². The minimum absolute atomic E-state index is 0.0390. The highest BCUT2D eigenvalue weighted by atomic mass is 16.3. The molecule has 0 aromatic rings. The molecule has 0 radical (unpaired) electrons. The fourth-order valence-corrected chi connectivity index (χ4v) is 2.83. The average molecular weight is 183 g/mol. The molecule has 2 unspecified atom stereocenters. The Hall–Kier alpha value is -0.0800. The molecule has 0 amide bonds. The molecule has 13 heavy (non-hydrogen) atoms. The molecule has 1 aliphatic heterocycles. The van der Waals surface area contributed by atoms with Crippen molar-refractivity contribution in [2.45, 2.75) is 39.2 Å². The van der Waals surface area contributed by atoms with Crippen molar-refractivity contribution in [1.82, 2.24) is 5.32 Å².